The van der Waals surface area contributed by atoms with Crippen LogP contribution >= 0.6 is 11.6 Å². The van der Waals surface area contributed by atoms with Crippen molar-refractivity contribution in [3.8, 4) is 29.1 Å². The van der Waals surface area contributed by atoms with Gasteiger partial charge in [-0.25, -0.2) is 0 Å². The Hall–Kier alpha value is -4.15. The molecule has 3 aromatic rings. The van der Waals surface area contributed by atoms with Gasteiger partial charge in [0.2, 0.25) is 6.79 Å². The van der Waals surface area contributed by atoms with E-state index in [2.05, 4.69) is 5.32 Å². The number of amides is 1. The van der Waals surface area contributed by atoms with E-state index in [4.69, 9.17) is 30.5 Å². The van der Waals surface area contributed by atoms with Gasteiger partial charge in [0.25, 0.3) is 5.91 Å². The molecule has 0 aromatic heterocycles. The molecule has 0 unspecified atom stereocenters. The standard InChI is InChI=1S/C26H21ClN2O5/c1-31-23-7-3-5-19(25(23)32-15-18-4-2-6-21(27)10-18)12-20(13-28)26(30)29-14-17-8-9-22-24(11-17)34-16-33-22/h2-12H,14-16H2,1H3,(H,29,30)/b20-12+. The lowest BCUT2D eigenvalue weighted by atomic mass is 10.1. The van der Waals surface area contributed by atoms with Crippen LogP contribution < -0.4 is 24.3 Å². The number of nitrogens with zero attached hydrogens (tertiary/aromatic N) is 1. The average Bonchev–Trinajstić information content (AvgIpc) is 3.32. The van der Waals surface area contributed by atoms with Gasteiger partial charge in [0.15, 0.2) is 23.0 Å². The summed E-state index contributed by atoms with van der Waals surface area (Å²) >= 11 is 6.06. The number of carbonyl (C=O) groups is 1. The highest BCUT2D eigenvalue weighted by Crippen LogP contribution is 2.34. The van der Waals surface area contributed by atoms with E-state index in [9.17, 15) is 10.1 Å². The molecule has 0 atom stereocenters. The number of nitrogens with one attached hydrogen (secondary N) is 1. The normalized spacial score (nSPS) is 12.1. The van der Waals surface area contributed by atoms with Crippen molar-refractivity contribution in [2.24, 2.45) is 0 Å². The maximum atomic E-state index is 12.7. The maximum Gasteiger partial charge on any atom is 0.262 e. The largest absolute Gasteiger partial charge is 0.493 e. The number of ether oxygens (including phenoxy) is 4. The van der Waals surface area contributed by atoms with Crippen LogP contribution in [-0.4, -0.2) is 19.8 Å². The number of nitriles is 1. The monoisotopic (exact) mass is 476 g/mol. The summed E-state index contributed by atoms with van der Waals surface area (Å²) in [6, 6.07) is 19.9. The van der Waals surface area contributed by atoms with Crippen LogP contribution in [0.1, 0.15) is 16.7 Å². The van der Waals surface area contributed by atoms with Gasteiger partial charge < -0.3 is 24.3 Å². The van der Waals surface area contributed by atoms with Crippen molar-refractivity contribution in [3.63, 3.8) is 0 Å². The second-order valence-corrected chi connectivity index (χ2v) is 7.77. The van der Waals surface area contributed by atoms with Crippen molar-refractivity contribution in [1.29, 1.82) is 5.26 Å². The fourth-order valence-electron chi connectivity index (χ4n) is 3.38. The molecular formula is C26H21ClN2O5. The first-order valence-corrected chi connectivity index (χ1v) is 10.8. The molecule has 0 saturated carbocycles. The Bertz CT molecular complexity index is 1280. The predicted molar refractivity (Wildman–Crippen MR) is 127 cm³/mol. The molecule has 1 heterocycles. The minimum absolute atomic E-state index is 0.0680. The van der Waals surface area contributed by atoms with E-state index < -0.39 is 5.91 Å². The lowest BCUT2D eigenvalue weighted by Gasteiger charge is -2.14. The van der Waals surface area contributed by atoms with E-state index in [1.807, 2.05) is 24.3 Å². The molecule has 0 radical (unpaired) electrons. The summed E-state index contributed by atoms with van der Waals surface area (Å²) < 4.78 is 22.1. The van der Waals surface area contributed by atoms with Gasteiger partial charge >= 0.3 is 0 Å². The van der Waals surface area contributed by atoms with Crippen LogP contribution in [0.5, 0.6) is 23.0 Å². The van der Waals surface area contributed by atoms with Gasteiger partial charge in [-0.05, 0) is 47.5 Å². The fraction of sp³-hybridized carbons (Fsp3) is 0.154. The Morgan fingerprint density at radius 2 is 1.94 bits per heavy atom. The van der Waals surface area contributed by atoms with E-state index in [1.54, 1.807) is 42.5 Å². The number of para-hydroxylation sites is 1. The van der Waals surface area contributed by atoms with Crippen molar-refractivity contribution in [2.75, 3.05) is 13.9 Å². The van der Waals surface area contributed by atoms with Gasteiger partial charge in [-0.3, -0.25) is 4.79 Å². The van der Waals surface area contributed by atoms with E-state index in [-0.39, 0.29) is 25.5 Å². The molecule has 0 aliphatic carbocycles. The third-order valence-corrected chi connectivity index (χ3v) is 5.29. The van der Waals surface area contributed by atoms with Gasteiger partial charge in [0.05, 0.1) is 7.11 Å². The minimum atomic E-state index is -0.510. The summed E-state index contributed by atoms with van der Waals surface area (Å²) in [7, 11) is 1.53. The number of fused-ring (bicyclic) bond motifs is 1. The Morgan fingerprint density at radius 3 is 2.74 bits per heavy atom. The number of methoxy groups -OCH3 is 1. The molecule has 172 valence electrons. The molecule has 0 fully saturated rings. The molecule has 1 aliphatic rings. The van der Waals surface area contributed by atoms with Crippen LogP contribution in [0.2, 0.25) is 5.02 Å². The van der Waals surface area contributed by atoms with Crippen molar-refractivity contribution in [1.82, 2.24) is 5.32 Å². The van der Waals surface area contributed by atoms with Crippen molar-refractivity contribution < 1.29 is 23.7 Å². The highest BCUT2D eigenvalue weighted by molar-refractivity contribution is 6.30. The van der Waals surface area contributed by atoms with Gasteiger partial charge in [-0.15, -0.1) is 0 Å². The molecule has 1 N–H and O–H groups in total. The fourth-order valence-corrected chi connectivity index (χ4v) is 3.59. The number of halogens is 1. The third-order valence-electron chi connectivity index (χ3n) is 5.06. The van der Waals surface area contributed by atoms with Crippen LogP contribution in [0, 0.1) is 11.3 Å². The second-order valence-electron chi connectivity index (χ2n) is 7.34. The molecule has 34 heavy (non-hydrogen) atoms. The molecule has 3 aromatic carbocycles. The first kappa shape index (κ1) is 23.0. The number of hydrogen-bond donors (Lipinski definition) is 1. The van der Waals surface area contributed by atoms with Gasteiger partial charge in [0, 0.05) is 17.1 Å². The highest BCUT2D eigenvalue weighted by Gasteiger charge is 2.16. The SMILES string of the molecule is COc1cccc(/C=C(\C#N)C(=O)NCc2ccc3c(c2)OCO3)c1OCc1cccc(Cl)c1. The van der Waals surface area contributed by atoms with E-state index in [0.717, 1.165) is 11.1 Å². The van der Waals surface area contributed by atoms with Crippen LogP contribution in [-0.2, 0) is 17.9 Å². The Morgan fingerprint density at radius 1 is 1.12 bits per heavy atom. The minimum Gasteiger partial charge on any atom is -0.493 e. The zero-order chi connectivity index (χ0) is 23.9. The van der Waals surface area contributed by atoms with Crippen LogP contribution in [0.25, 0.3) is 6.08 Å². The van der Waals surface area contributed by atoms with Crippen LogP contribution in [0.15, 0.2) is 66.2 Å². The van der Waals surface area contributed by atoms with Crippen LogP contribution in [0.3, 0.4) is 0 Å². The van der Waals surface area contributed by atoms with Gasteiger partial charge in [-0.1, -0.05) is 41.9 Å². The second kappa shape index (κ2) is 10.6. The quantitative estimate of drug-likeness (QED) is 0.368. The van der Waals surface area contributed by atoms with E-state index in [0.29, 0.717) is 33.6 Å². The zero-order valence-corrected chi connectivity index (χ0v) is 19.1. The van der Waals surface area contributed by atoms with E-state index in [1.165, 1.54) is 13.2 Å². The molecule has 0 bridgehead atoms. The Balaban J connectivity index is 1.51. The lowest BCUT2D eigenvalue weighted by molar-refractivity contribution is -0.117. The molecule has 0 saturated heterocycles. The van der Waals surface area contributed by atoms with Crippen LogP contribution in [0.4, 0.5) is 0 Å². The molecule has 8 heteroatoms. The lowest BCUT2D eigenvalue weighted by Crippen LogP contribution is -2.24. The van der Waals surface area contributed by atoms with Crippen molar-refractivity contribution in [2.45, 2.75) is 13.2 Å². The number of hydrogen-bond acceptors (Lipinski definition) is 6. The molecule has 1 aliphatic heterocycles. The summed E-state index contributed by atoms with van der Waals surface area (Å²) in [5.41, 5.74) is 2.16. The number of carbonyl (C=O) groups excluding carboxylic acids is 1. The summed E-state index contributed by atoms with van der Waals surface area (Å²) in [5, 5.41) is 13.0. The van der Waals surface area contributed by atoms with Gasteiger partial charge in [0.1, 0.15) is 18.2 Å². The number of rotatable bonds is 8. The Kier molecular flexibility index (Phi) is 7.21. The molecule has 0 spiro atoms. The summed E-state index contributed by atoms with van der Waals surface area (Å²) in [4.78, 5) is 12.7. The molecular weight excluding hydrogens is 456 g/mol. The number of benzene rings is 3. The first-order valence-electron chi connectivity index (χ1n) is 10.4. The summed E-state index contributed by atoms with van der Waals surface area (Å²) in [6.45, 7) is 0.638. The predicted octanol–water partition coefficient (Wildman–Crippen LogP) is 4.88. The van der Waals surface area contributed by atoms with Crippen molar-refractivity contribution in [3.05, 3.63) is 87.9 Å². The summed E-state index contributed by atoms with van der Waals surface area (Å²) in [5.74, 6) is 1.68. The third kappa shape index (κ3) is 5.42. The zero-order valence-electron chi connectivity index (χ0n) is 18.3. The summed E-state index contributed by atoms with van der Waals surface area (Å²) in [6.07, 6.45) is 1.48. The maximum absolute atomic E-state index is 12.7. The highest BCUT2D eigenvalue weighted by atomic mass is 35.5. The molecule has 1 amide bonds. The average molecular weight is 477 g/mol. The smallest absolute Gasteiger partial charge is 0.262 e. The van der Waals surface area contributed by atoms with E-state index >= 15 is 0 Å². The first-order chi connectivity index (χ1) is 16.6. The molecule has 4 rings (SSSR count). The topological polar surface area (TPSA) is 89.8 Å². The Labute approximate surface area is 202 Å². The molecule has 7 nitrogen and oxygen atoms in total. The van der Waals surface area contributed by atoms with Crippen molar-refractivity contribution >= 4 is 23.6 Å². The van der Waals surface area contributed by atoms with Gasteiger partial charge in [-0.2, -0.15) is 5.26 Å².